The molecule has 0 unspecified atom stereocenters. The number of likely N-dealkylation sites (tertiary alicyclic amines) is 1. The van der Waals surface area contributed by atoms with Crippen LogP contribution < -0.4 is 11.1 Å². The highest BCUT2D eigenvalue weighted by Gasteiger charge is 2.26. The molecule has 2 rings (SSSR count). The fraction of sp³-hybridized carbons (Fsp3) is 0.800. The number of carbonyl (C=O) groups is 3. The number of nitrogens with two attached hydrogens (primary N) is 1. The molecule has 130 valence electrons. The van der Waals surface area contributed by atoms with Crippen LogP contribution in [0.4, 0.5) is 4.79 Å². The summed E-state index contributed by atoms with van der Waals surface area (Å²) in [6.45, 7) is 6.50. The molecule has 0 aliphatic carbocycles. The molecule has 0 aromatic carbocycles. The molecule has 8 heteroatoms. The third kappa shape index (κ3) is 5.47. The molecule has 1 atom stereocenters. The number of nitrogens with one attached hydrogen (secondary N) is 1. The molecule has 2 saturated heterocycles. The molecule has 2 aliphatic heterocycles. The van der Waals surface area contributed by atoms with Gasteiger partial charge in [-0.3, -0.25) is 24.7 Å². The molecular weight excluding hydrogens is 298 g/mol. The molecule has 23 heavy (non-hydrogen) atoms. The SMILES string of the molecule is C[C@@H]1CCCCN1C(=O)CN1CCN(CC(=O)NC(N)=O)CC1. The second kappa shape index (κ2) is 8.26. The molecule has 3 N–H and O–H groups in total. The van der Waals surface area contributed by atoms with E-state index in [1.807, 2.05) is 9.80 Å². The van der Waals surface area contributed by atoms with Crippen LogP contribution in [-0.4, -0.2) is 84.4 Å². The Labute approximate surface area is 136 Å². The van der Waals surface area contributed by atoms with E-state index >= 15 is 0 Å². The molecule has 0 aromatic rings. The molecule has 8 nitrogen and oxygen atoms in total. The first-order valence-electron chi connectivity index (χ1n) is 8.29. The summed E-state index contributed by atoms with van der Waals surface area (Å²) in [5.74, 6) is -0.179. The van der Waals surface area contributed by atoms with E-state index in [4.69, 9.17) is 5.73 Å². The highest BCUT2D eigenvalue weighted by Crippen LogP contribution is 2.16. The molecule has 0 saturated carbocycles. The lowest BCUT2D eigenvalue weighted by molar-refractivity contribution is -0.136. The Bertz CT molecular complexity index is 448. The number of imide groups is 1. The summed E-state index contributed by atoms with van der Waals surface area (Å²) in [4.78, 5) is 40.6. The number of amides is 4. The van der Waals surface area contributed by atoms with Gasteiger partial charge in [0.25, 0.3) is 0 Å². The lowest BCUT2D eigenvalue weighted by atomic mass is 10.0. The van der Waals surface area contributed by atoms with Crippen molar-refractivity contribution in [3.63, 3.8) is 0 Å². The van der Waals surface area contributed by atoms with E-state index in [9.17, 15) is 14.4 Å². The van der Waals surface area contributed by atoms with Gasteiger partial charge >= 0.3 is 6.03 Å². The van der Waals surface area contributed by atoms with E-state index in [1.165, 1.54) is 6.42 Å². The number of primary amides is 1. The van der Waals surface area contributed by atoms with Crippen LogP contribution >= 0.6 is 0 Å². The monoisotopic (exact) mass is 325 g/mol. The smallest absolute Gasteiger partial charge is 0.318 e. The van der Waals surface area contributed by atoms with E-state index in [0.717, 1.165) is 32.5 Å². The van der Waals surface area contributed by atoms with Gasteiger partial charge in [0.1, 0.15) is 0 Å². The van der Waals surface area contributed by atoms with Crippen molar-refractivity contribution in [1.29, 1.82) is 0 Å². The maximum Gasteiger partial charge on any atom is 0.318 e. The third-order valence-corrected chi connectivity index (χ3v) is 4.58. The zero-order valence-electron chi connectivity index (χ0n) is 13.8. The van der Waals surface area contributed by atoms with E-state index < -0.39 is 6.03 Å². The fourth-order valence-corrected chi connectivity index (χ4v) is 3.24. The molecular formula is C15H27N5O3. The van der Waals surface area contributed by atoms with Gasteiger partial charge in [-0.2, -0.15) is 0 Å². The van der Waals surface area contributed by atoms with E-state index in [1.54, 1.807) is 0 Å². The minimum absolute atomic E-state index is 0.161. The van der Waals surface area contributed by atoms with Crippen LogP contribution in [0.3, 0.4) is 0 Å². The zero-order valence-corrected chi connectivity index (χ0v) is 13.8. The second-order valence-corrected chi connectivity index (χ2v) is 6.40. The van der Waals surface area contributed by atoms with Gasteiger partial charge in [0.05, 0.1) is 13.1 Å². The molecule has 4 amide bonds. The van der Waals surface area contributed by atoms with E-state index in [-0.39, 0.29) is 18.4 Å². The highest BCUT2D eigenvalue weighted by atomic mass is 16.2. The summed E-state index contributed by atoms with van der Waals surface area (Å²) in [5, 5.41) is 2.07. The Morgan fingerprint density at radius 1 is 1.00 bits per heavy atom. The largest absolute Gasteiger partial charge is 0.351 e. The maximum absolute atomic E-state index is 12.4. The number of hydrogen-bond acceptors (Lipinski definition) is 5. The number of rotatable bonds is 4. The van der Waals surface area contributed by atoms with Gasteiger partial charge in [0.15, 0.2) is 0 Å². The normalized spacial score (nSPS) is 23.5. The van der Waals surface area contributed by atoms with Crippen molar-refractivity contribution in [3.05, 3.63) is 0 Å². The topological polar surface area (TPSA) is 99.0 Å². The fourth-order valence-electron chi connectivity index (χ4n) is 3.24. The van der Waals surface area contributed by atoms with Gasteiger partial charge in [-0.1, -0.05) is 0 Å². The van der Waals surface area contributed by atoms with Gasteiger partial charge in [-0.15, -0.1) is 0 Å². The molecule has 0 aromatic heterocycles. The van der Waals surface area contributed by atoms with Crippen molar-refractivity contribution in [2.45, 2.75) is 32.2 Å². The highest BCUT2D eigenvalue weighted by molar-refractivity contribution is 5.94. The standard InChI is InChI=1S/C15H27N5O3/c1-12-4-2-3-5-20(12)14(22)11-19-8-6-18(7-9-19)10-13(21)17-15(16)23/h12H,2-11H2,1H3,(H3,16,17,21,23)/t12-/m1/s1. The predicted molar refractivity (Wildman–Crippen MR) is 85.6 cm³/mol. The van der Waals surface area contributed by atoms with Gasteiger partial charge in [0, 0.05) is 38.8 Å². The van der Waals surface area contributed by atoms with Crippen LogP contribution in [0.2, 0.25) is 0 Å². The summed E-state index contributed by atoms with van der Waals surface area (Å²) >= 11 is 0. The lowest BCUT2D eigenvalue weighted by Gasteiger charge is -2.37. The van der Waals surface area contributed by atoms with Crippen molar-refractivity contribution in [1.82, 2.24) is 20.0 Å². The van der Waals surface area contributed by atoms with Crippen molar-refractivity contribution < 1.29 is 14.4 Å². The molecule has 2 fully saturated rings. The second-order valence-electron chi connectivity index (χ2n) is 6.40. The van der Waals surface area contributed by atoms with Crippen molar-refractivity contribution >= 4 is 17.8 Å². The Morgan fingerprint density at radius 3 is 2.17 bits per heavy atom. The van der Waals surface area contributed by atoms with Crippen LogP contribution in [0.1, 0.15) is 26.2 Å². The summed E-state index contributed by atoms with van der Waals surface area (Å²) in [7, 11) is 0. The van der Waals surface area contributed by atoms with Crippen molar-refractivity contribution in [2.75, 3.05) is 45.8 Å². The minimum atomic E-state index is -0.824. The van der Waals surface area contributed by atoms with Crippen LogP contribution in [0.15, 0.2) is 0 Å². The van der Waals surface area contributed by atoms with Gasteiger partial charge in [0.2, 0.25) is 11.8 Å². The van der Waals surface area contributed by atoms with Crippen LogP contribution in [0, 0.1) is 0 Å². The average molecular weight is 325 g/mol. The summed E-state index contributed by atoms with van der Waals surface area (Å²) in [5.41, 5.74) is 4.92. The Kier molecular flexibility index (Phi) is 6.35. The average Bonchev–Trinajstić information content (AvgIpc) is 2.48. The van der Waals surface area contributed by atoms with Crippen LogP contribution in [-0.2, 0) is 9.59 Å². The van der Waals surface area contributed by atoms with Gasteiger partial charge < -0.3 is 10.6 Å². The number of piperidine rings is 1. The summed E-state index contributed by atoms with van der Waals surface area (Å²) in [6, 6.07) is -0.482. The first kappa shape index (κ1) is 17.7. The van der Waals surface area contributed by atoms with Crippen molar-refractivity contribution in [2.24, 2.45) is 5.73 Å². The minimum Gasteiger partial charge on any atom is -0.351 e. The molecule has 0 spiro atoms. The quantitative estimate of drug-likeness (QED) is 0.705. The molecule has 2 aliphatic rings. The Morgan fingerprint density at radius 2 is 1.61 bits per heavy atom. The van der Waals surface area contributed by atoms with E-state index in [2.05, 4.69) is 17.1 Å². The van der Waals surface area contributed by atoms with Crippen molar-refractivity contribution in [3.8, 4) is 0 Å². The lowest BCUT2D eigenvalue weighted by Crippen LogP contribution is -2.53. The number of hydrogen-bond donors (Lipinski definition) is 2. The number of piperazine rings is 1. The number of urea groups is 1. The zero-order chi connectivity index (χ0) is 16.8. The van der Waals surface area contributed by atoms with Gasteiger partial charge in [-0.25, -0.2) is 4.79 Å². The van der Waals surface area contributed by atoms with Crippen LogP contribution in [0.5, 0.6) is 0 Å². The Balaban J connectivity index is 1.71. The maximum atomic E-state index is 12.4. The van der Waals surface area contributed by atoms with E-state index in [0.29, 0.717) is 25.7 Å². The first-order chi connectivity index (χ1) is 11.0. The van der Waals surface area contributed by atoms with Gasteiger partial charge in [-0.05, 0) is 26.2 Å². The number of carbonyl (C=O) groups excluding carboxylic acids is 3. The first-order valence-corrected chi connectivity index (χ1v) is 8.29. The predicted octanol–water partition coefficient (Wildman–Crippen LogP) is -0.800. The third-order valence-electron chi connectivity index (χ3n) is 4.58. The molecule has 2 heterocycles. The molecule has 0 radical (unpaired) electrons. The Hall–Kier alpha value is -1.67. The summed E-state index contributed by atoms with van der Waals surface area (Å²) < 4.78 is 0. The van der Waals surface area contributed by atoms with Crippen LogP contribution in [0.25, 0.3) is 0 Å². The number of nitrogens with zero attached hydrogens (tertiary/aromatic N) is 3. The molecule has 0 bridgehead atoms. The summed E-state index contributed by atoms with van der Waals surface area (Å²) in [6.07, 6.45) is 3.39.